The lowest BCUT2D eigenvalue weighted by molar-refractivity contribution is -0.137. The van der Waals surface area contributed by atoms with Gasteiger partial charge >= 0.3 is 6.18 Å². The average molecular weight is 294 g/mol. The summed E-state index contributed by atoms with van der Waals surface area (Å²) in [5, 5.41) is 10.2. The van der Waals surface area contributed by atoms with E-state index in [9.17, 15) is 18.3 Å². The second-order valence-corrected chi connectivity index (χ2v) is 5.01. The van der Waals surface area contributed by atoms with Crippen molar-refractivity contribution in [2.75, 3.05) is 0 Å². The van der Waals surface area contributed by atoms with Crippen LogP contribution in [0.25, 0.3) is 0 Å². The molecule has 0 aromatic heterocycles. The van der Waals surface area contributed by atoms with Crippen LogP contribution in [-0.4, -0.2) is 5.11 Å². The Morgan fingerprint density at radius 2 is 1.38 bits per heavy atom. The number of hydrogen-bond acceptors (Lipinski definition) is 1. The van der Waals surface area contributed by atoms with Crippen LogP contribution >= 0.6 is 0 Å². The molecule has 112 valence electrons. The topological polar surface area (TPSA) is 20.2 Å². The van der Waals surface area contributed by atoms with Gasteiger partial charge in [-0.1, -0.05) is 49.7 Å². The molecule has 0 aliphatic heterocycles. The van der Waals surface area contributed by atoms with Gasteiger partial charge in [0, 0.05) is 0 Å². The van der Waals surface area contributed by atoms with Gasteiger partial charge in [-0.25, -0.2) is 0 Å². The third-order valence-electron chi connectivity index (χ3n) is 3.39. The van der Waals surface area contributed by atoms with E-state index in [-0.39, 0.29) is 0 Å². The van der Waals surface area contributed by atoms with Crippen molar-refractivity contribution in [2.24, 2.45) is 0 Å². The smallest absolute Gasteiger partial charge is 0.384 e. The zero-order valence-electron chi connectivity index (χ0n) is 11.7. The second kappa shape index (κ2) is 6.31. The van der Waals surface area contributed by atoms with Crippen LogP contribution in [0.2, 0.25) is 0 Å². The van der Waals surface area contributed by atoms with Gasteiger partial charge in [0.25, 0.3) is 0 Å². The van der Waals surface area contributed by atoms with Crippen LogP contribution in [0.1, 0.15) is 41.7 Å². The summed E-state index contributed by atoms with van der Waals surface area (Å²) in [6.45, 7) is 2.09. The van der Waals surface area contributed by atoms with Crippen molar-refractivity contribution in [1.29, 1.82) is 0 Å². The summed E-state index contributed by atoms with van der Waals surface area (Å²) in [5.41, 5.74) is 1.60. The van der Waals surface area contributed by atoms with Crippen molar-refractivity contribution in [3.05, 3.63) is 70.8 Å². The summed E-state index contributed by atoms with van der Waals surface area (Å²) >= 11 is 0. The summed E-state index contributed by atoms with van der Waals surface area (Å²) in [7, 11) is 0. The molecule has 2 rings (SSSR count). The van der Waals surface area contributed by atoms with Crippen LogP contribution in [0.5, 0.6) is 0 Å². The predicted molar refractivity (Wildman–Crippen MR) is 75.9 cm³/mol. The van der Waals surface area contributed by atoms with E-state index < -0.39 is 17.8 Å². The van der Waals surface area contributed by atoms with Gasteiger partial charge in [0.15, 0.2) is 0 Å². The lowest BCUT2D eigenvalue weighted by Crippen LogP contribution is -2.06. The molecular weight excluding hydrogens is 277 g/mol. The number of halogens is 3. The van der Waals surface area contributed by atoms with E-state index in [0.717, 1.165) is 25.0 Å². The molecular formula is C17H17F3O. The van der Waals surface area contributed by atoms with Crippen molar-refractivity contribution >= 4 is 0 Å². The van der Waals surface area contributed by atoms with Crippen molar-refractivity contribution < 1.29 is 18.3 Å². The Hall–Kier alpha value is -1.81. The molecule has 1 unspecified atom stereocenters. The summed E-state index contributed by atoms with van der Waals surface area (Å²) in [6.07, 6.45) is -3.26. The number of aliphatic hydroxyl groups is 1. The maximum Gasteiger partial charge on any atom is 0.416 e. The van der Waals surface area contributed by atoms with Crippen LogP contribution in [0.4, 0.5) is 13.2 Å². The summed E-state index contributed by atoms with van der Waals surface area (Å²) in [5.74, 6) is 0. The van der Waals surface area contributed by atoms with Gasteiger partial charge < -0.3 is 5.11 Å². The van der Waals surface area contributed by atoms with Crippen LogP contribution < -0.4 is 0 Å². The van der Waals surface area contributed by atoms with Gasteiger partial charge in [-0.15, -0.1) is 0 Å². The fraction of sp³-hybridized carbons (Fsp3) is 0.294. The number of rotatable bonds is 4. The standard InChI is InChI=1S/C17H17F3O/c1-2-3-12-4-6-13(7-5-12)16(21)14-8-10-15(11-9-14)17(18,19)20/h4-11,16,21H,2-3H2,1H3. The average Bonchev–Trinajstić information content (AvgIpc) is 2.47. The molecule has 0 fully saturated rings. The van der Waals surface area contributed by atoms with Crippen LogP contribution in [0, 0.1) is 0 Å². The maximum absolute atomic E-state index is 12.5. The van der Waals surface area contributed by atoms with Gasteiger partial charge in [-0.3, -0.25) is 0 Å². The Morgan fingerprint density at radius 3 is 1.81 bits per heavy atom. The fourth-order valence-electron chi connectivity index (χ4n) is 2.20. The third kappa shape index (κ3) is 3.85. The monoisotopic (exact) mass is 294 g/mol. The van der Waals surface area contributed by atoms with Gasteiger partial charge in [0.05, 0.1) is 5.56 Å². The van der Waals surface area contributed by atoms with Crippen LogP contribution in [0.15, 0.2) is 48.5 Å². The minimum atomic E-state index is -4.36. The molecule has 0 spiro atoms. The lowest BCUT2D eigenvalue weighted by Gasteiger charge is -2.13. The van der Waals surface area contributed by atoms with Gasteiger partial charge in [0.1, 0.15) is 6.10 Å². The molecule has 0 saturated carbocycles. The van der Waals surface area contributed by atoms with E-state index in [1.807, 2.05) is 24.3 Å². The lowest BCUT2D eigenvalue weighted by atomic mass is 9.98. The van der Waals surface area contributed by atoms with Crippen molar-refractivity contribution in [3.63, 3.8) is 0 Å². The van der Waals surface area contributed by atoms with Gasteiger partial charge in [-0.2, -0.15) is 13.2 Å². The van der Waals surface area contributed by atoms with Crippen molar-refractivity contribution in [1.82, 2.24) is 0 Å². The molecule has 21 heavy (non-hydrogen) atoms. The number of aliphatic hydroxyl groups excluding tert-OH is 1. The number of aryl methyl sites for hydroxylation is 1. The summed E-state index contributed by atoms with van der Waals surface area (Å²) < 4.78 is 37.5. The summed E-state index contributed by atoms with van der Waals surface area (Å²) in [4.78, 5) is 0. The van der Waals surface area contributed by atoms with E-state index in [0.29, 0.717) is 11.1 Å². The first-order chi connectivity index (χ1) is 9.91. The molecule has 1 N–H and O–H groups in total. The molecule has 0 aliphatic carbocycles. The van der Waals surface area contributed by atoms with E-state index in [2.05, 4.69) is 6.92 Å². The highest BCUT2D eigenvalue weighted by Gasteiger charge is 2.30. The maximum atomic E-state index is 12.5. The Morgan fingerprint density at radius 1 is 0.905 bits per heavy atom. The molecule has 4 heteroatoms. The molecule has 0 bridgehead atoms. The van der Waals surface area contributed by atoms with Crippen LogP contribution in [-0.2, 0) is 12.6 Å². The highest BCUT2D eigenvalue weighted by Crippen LogP contribution is 2.31. The zero-order chi connectivity index (χ0) is 15.5. The Bertz CT molecular complexity index is 570. The molecule has 0 amide bonds. The van der Waals surface area contributed by atoms with Gasteiger partial charge in [-0.05, 0) is 35.2 Å². The second-order valence-electron chi connectivity index (χ2n) is 5.01. The van der Waals surface area contributed by atoms with Crippen molar-refractivity contribution in [2.45, 2.75) is 32.0 Å². The molecule has 0 radical (unpaired) electrons. The Labute approximate surface area is 122 Å². The number of hydrogen-bond donors (Lipinski definition) is 1. The van der Waals surface area contributed by atoms with E-state index in [1.165, 1.54) is 17.7 Å². The first-order valence-corrected chi connectivity index (χ1v) is 6.86. The van der Waals surface area contributed by atoms with Crippen LogP contribution in [0.3, 0.4) is 0 Å². The first-order valence-electron chi connectivity index (χ1n) is 6.86. The molecule has 2 aromatic carbocycles. The zero-order valence-corrected chi connectivity index (χ0v) is 11.7. The highest BCUT2D eigenvalue weighted by atomic mass is 19.4. The molecule has 0 saturated heterocycles. The minimum Gasteiger partial charge on any atom is -0.384 e. The molecule has 0 aliphatic rings. The Balaban J connectivity index is 2.17. The number of benzene rings is 2. The van der Waals surface area contributed by atoms with E-state index in [1.54, 1.807) is 0 Å². The first kappa shape index (κ1) is 15.6. The normalized spacial score (nSPS) is 13.2. The fourth-order valence-corrected chi connectivity index (χ4v) is 2.20. The number of alkyl halides is 3. The Kier molecular flexibility index (Phi) is 4.68. The molecule has 1 nitrogen and oxygen atoms in total. The van der Waals surface area contributed by atoms with Crippen molar-refractivity contribution in [3.8, 4) is 0 Å². The summed E-state index contributed by atoms with van der Waals surface area (Å²) in [6, 6.07) is 12.1. The van der Waals surface area contributed by atoms with E-state index in [4.69, 9.17) is 0 Å². The SMILES string of the molecule is CCCc1ccc(C(O)c2ccc(C(F)(F)F)cc2)cc1. The quantitative estimate of drug-likeness (QED) is 0.863. The predicted octanol–water partition coefficient (Wildman–Crippen LogP) is 4.74. The molecule has 1 atom stereocenters. The minimum absolute atomic E-state index is 0.450. The molecule has 0 heterocycles. The highest BCUT2D eigenvalue weighted by molar-refractivity contribution is 5.34. The molecule has 2 aromatic rings. The largest absolute Gasteiger partial charge is 0.416 e. The van der Waals surface area contributed by atoms with E-state index >= 15 is 0 Å². The van der Waals surface area contributed by atoms with Gasteiger partial charge in [0.2, 0.25) is 0 Å². The third-order valence-corrected chi connectivity index (χ3v) is 3.39.